The van der Waals surface area contributed by atoms with Crippen molar-refractivity contribution in [2.45, 2.75) is 26.0 Å². The van der Waals surface area contributed by atoms with Gasteiger partial charge in [-0.05, 0) is 18.6 Å². The van der Waals surface area contributed by atoms with Gasteiger partial charge in [-0.3, -0.25) is 4.79 Å². The number of furan rings is 1. The summed E-state index contributed by atoms with van der Waals surface area (Å²) in [5.41, 5.74) is 1.82. The second kappa shape index (κ2) is 7.40. The highest BCUT2D eigenvalue weighted by molar-refractivity contribution is 5.95. The molecule has 0 saturated carbocycles. The third-order valence-electron chi connectivity index (χ3n) is 3.91. The number of nitrogens with one attached hydrogen (secondary N) is 1. The highest BCUT2D eigenvalue weighted by atomic mass is 16.5. The Kier molecular flexibility index (Phi) is 5.04. The molecular formula is C18H19NO6. The Labute approximate surface area is 144 Å². The van der Waals surface area contributed by atoms with Gasteiger partial charge in [0.1, 0.15) is 18.1 Å². The van der Waals surface area contributed by atoms with Crippen LogP contribution in [0.4, 0.5) is 0 Å². The SMILES string of the molecule is Cc1ccc(CNC(=O)c2cc(C(=O)O)co2)c(OC2CCOC2)c1. The van der Waals surface area contributed by atoms with E-state index in [9.17, 15) is 9.59 Å². The number of hydrogen-bond donors (Lipinski definition) is 2. The smallest absolute Gasteiger partial charge is 0.338 e. The number of aryl methyl sites for hydroxylation is 1. The number of carboxylic acids is 1. The van der Waals surface area contributed by atoms with E-state index in [-0.39, 0.29) is 24.0 Å². The van der Waals surface area contributed by atoms with Gasteiger partial charge in [0.2, 0.25) is 0 Å². The molecule has 1 aromatic heterocycles. The van der Waals surface area contributed by atoms with Gasteiger partial charge < -0.3 is 24.3 Å². The molecule has 0 radical (unpaired) electrons. The maximum Gasteiger partial charge on any atom is 0.338 e. The van der Waals surface area contributed by atoms with Crippen LogP contribution in [0.5, 0.6) is 5.75 Å². The van der Waals surface area contributed by atoms with Crippen LogP contribution in [-0.4, -0.2) is 36.3 Å². The lowest BCUT2D eigenvalue weighted by Crippen LogP contribution is -2.23. The molecule has 1 amide bonds. The van der Waals surface area contributed by atoms with E-state index in [1.54, 1.807) is 0 Å². The van der Waals surface area contributed by atoms with E-state index in [1.807, 2.05) is 25.1 Å². The van der Waals surface area contributed by atoms with Gasteiger partial charge in [0.25, 0.3) is 5.91 Å². The highest BCUT2D eigenvalue weighted by Gasteiger charge is 2.19. The van der Waals surface area contributed by atoms with E-state index < -0.39 is 11.9 Å². The van der Waals surface area contributed by atoms with E-state index in [0.717, 1.165) is 23.8 Å². The summed E-state index contributed by atoms with van der Waals surface area (Å²) in [6, 6.07) is 6.95. The van der Waals surface area contributed by atoms with Crippen molar-refractivity contribution < 1.29 is 28.6 Å². The van der Waals surface area contributed by atoms with Gasteiger partial charge >= 0.3 is 5.97 Å². The lowest BCUT2D eigenvalue weighted by molar-refractivity contribution is 0.0695. The zero-order valence-electron chi connectivity index (χ0n) is 13.8. The minimum absolute atomic E-state index is 0.0134. The van der Waals surface area contributed by atoms with Crippen LogP contribution >= 0.6 is 0 Å². The van der Waals surface area contributed by atoms with Crippen LogP contribution < -0.4 is 10.1 Å². The number of carbonyl (C=O) groups excluding carboxylic acids is 1. The molecule has 0 aliphatic carbocycles. The summed E-state index contributed by atoms with van der Waals surface area (Å²) in [5, 5.41) is 11.6. The number of carbonyl (C=O) groups is 2. The van der Waals surface area contributed by atoms with Crippen molar-refractivity contribution >= 4 is 11.9 Å². The average Bonchev–Trinajstić information content (AvgIpc) is 3.25. The van der Waals surface area contributed by atoms with Gasteiger partial charge in [0.15, 0.2) is 5.76 Å². The van der Waals surface area contributed by atoms with Crippen molar-refractivity contribution in [2.75, 3.05) is 13.2 Å². The van der Waals surface area contributed by atoms with Crippen LogP contribution in [0, 0.1) is 6.92 Å². The molecule has 1 aliphatic rings. The van der Waals surface area contributed by atoms with E-state index in [4.69, 9.17) is 19.0 Å². The number of ether oxygens (including phenoxy) is 2. The van der Waals surface area contributed by atoms with Crippen LogP contribution in [-0.2, 0) is 11.3 Å². The Morgan fingerprint density at radius 3 is 2.88 bits per heavy atom. The van der Waals surface area contributed by atoms with Gasteiger partial charge in [0, 0.05) is 24.6 Å². The fraction of sp³-hybridized carbons (Fsp3) is 0.333. The molecule has 2 aromatic rings. The Hall–Kier alpha value is -2.80. The van der Waals surface area contributed by atoms with Crippen molar-refractivity contribution in [1.29, 1.82) is 0 Å². The Bertz CT molecular complexity index is 776. The van der Waals surface area contributed by atoms with Gasteiger partial charge in [-0.2, -0.15) is 0 Å². The summed E-state index contributed by atoms with van der Waals surface area (Å²) >= 11 is 0. The van der Waals surface area contributed by atoms with Gasteiger partial charge in [-0.25, -0.2) is 4.79 Å². The van der Waals surface area contributed by atoms with Crippen molar-refractivity contribution in [3.8, 4) is 5.75 Å². The molecule has 7 heteroatoms. The van der Waals surface area contributed by atoms with Crippen LogP contribution in [0.25, 0.3) is 0 Å². The first-order chi connectivity index (χ1) is 12.0. The minimum Gasteiger partial charge on any atom is -0.488 e. The van der Waals surface area contributed by atoms with E-state index in [2.05, 4.69) is 5.32 Å². The van der Waals surface area contributed by atoms with E-state index >= 15 is 0 Å². The lowest BCUT2D eigenvalue weighted by atomic mass is 10.1. The molecular weight excluding hydrogens is 326 g/mol. The third-order valence-corrected chi connectivity index (χ3v) is 3.91. The molecule has 132 valence electrons. The van der Waals surface area contributed by atoms with Crippen LogP contribution in [0.3, 0.4) is 0 Å². The summed E-state index contributed by atoms with van der Waals surface area (Å²) in [6.45, 7) is 3.46. The molecule has 7 nitrogen and oxygen atoms in total. The summed E-state index contributed by atoms with van der Waals surface area (Å²) in [5.74, 6) is -0.961. The first-order valence-electron chi connectivity index (χ1n) is 7.97. The topological polar surface area (TPSA) is 98.0 Å². The number of amides is 1. The molecule has 1 atom stereocenters. The monoisotopic (exact) mass is 345 g/mol. The van der Waals surface area contributed by atoms with E-state index in [1.165, 1.54) is 6.07 Å². The van der Waals surface area contributed by atoms with Crippen LogP contribution in [0.15, 0.2) is 34.9 Å². The standard InChI is InChI=1S/C18H19NO6/c1-11-2-3-12(15(6-11)25-14-4-5-23-10-14)8-19-17(20)16-7-13(9-24-16)18(21)22/h2-3,6-7,9,14H,4-5,8,10H2,1H3,(H,19,20)(H,21,22). The Balaban J connectivity index is 1.67. The van der Waals surface area contributed by atoms with Gasteiger partial charge in [-0.1, -0.05) is 12.1 Å². The van der Waals surface area contributed by atoms with Crippen LogP contribution in [0.1, 0.15) is 38.5 Å². The first-order valence-corrected chi connectivity index (χ1v) is 7.97. The molecule has 1 saturated heterocycles. The average molecular weight is 345 g/mol. The van der Waals surface area contributed by atoms with Gasteiger partial charge in [-0.15, -0.1) is 0 Å². The largest absolute Gasteiger partial charge is 0.488 e. The number of aromatic carboxylic acids is 1. The maximum absolute atomic E-state index is 12.1. The molecule has 2 heterocycles. The fourth-order valence-electron chi connectivity index (χ4n) is 2.53. The second-order valence-corrected chi connectivity index (χ2v) is 5.90. The quantitative estimate of drug-likeness (QED) is 0.834. The number of benzene rings is 1. The second-order valence-electron chi connectivity index (χ2n) is 5.90. The molecule has 25 heavy (non-hydrogen) atoms. The molecule has 1 aromatic carbocycles. The predicted octanol–water partition coefficient (Wildman–Crippen LogP) is 2.38. The predicted molar refractivity (Wildman–Crippen MR) is 87.9 cm³/mol. The molecule has 1 fully saturated rings. The van der Waals surface area contributed by atoms with Crippen molar-refractivity contribution in [1.82, 2.24) is 5.32 Å². The van der Waals surface area contributed by atoms with Crippen molar-refractivity contribution in [3.05, 3.63) is 53.0 Å². The molecule has 1 unspecified atom stereocenters. The maximum atomic E-state index is 12.1. The molecule has 0 spiro atoms. The molecule has 3 rings (SSSR count). The van der Waals surface area contributed by atoms with Crippen LogP contribution in [0.2, 0.25) is 0 Å². The van der Waals surface area contributed by atoms with Gasteiger partial charge in [0.05, 0.1) is 18.8 Å². The zero-order chi connectivity index (χ0) is 17.8. The normalized spacial score (nSPS) is 16.6. The highest BCUT2D eigenvalue weighted by Crippen LogP contribution is 2.24. The van der Waals surface area contributed by atoms with E-state index in [0.29, 0.717) is 19.0 Å². The van der Waals surface area contributed by atoms with Crippen molar-refractivity contribution in [3.63, 3.8) is 0 Å². The zero-order valence-corrected chi connectivity index (χ0v) is 13.8. The fourth-order valence-corrected chi connectivity index (χ4v) is 2.53. The Morgan fingerprint density at radius 2 is 2.20 bits per heavy atom. The van der Waals surface area contributed by atoms with Crippen molar-refractivity contribution in [2.24, 2.45) is 0 Å². The summed E-state index contributed by atoms with van der Waals surface area (Å²) in [4.78, 5) is 23.0. The molecule has 1 aliphatic heterocycles. The third kappa shape index (κ3) is 4.19. The number of rotatable bonds is 6. The summed E-state index contributed by atoms with van der Waals surface area (Å²) < 4.78 is 16.3. The first kappa shape index (κ1) is 17.0. The molecule has 2 N–H and O–H groups in total. The molecule has 0 bridgehead atoms. The lowest BCUT2D eigenvalue weighted by Gasteiger charge is -2.16. The summed E-state index contributed by atoms with van der Waals surface area (Å²) in [6.07, 6.45) is 1.89. The minimum atomic E-state index is -1.14. The number of hydrogen-bond acceptors (Lipinski definition) is 5. The summed E-state index contributed by atoms with van der Waals surface area (Å²) in [7, 11) is 0. The Morgan fingerprint density at radius 1 is 1.36 bits per heavy atom. The number of carboxylic acid groups (broad SMARTS) is 1.